The second kappa shape index (κ2) is 6.40. The minimum absolute atomic E-state index is 0.318. The summed E-state index contributed by atoms with van der Waals surface area (Å²) < 4.78 is 0. The lowest BCUT2D eigenvalue weighted by Gasteiger charge is -2.29. The molecule has 0 unspecified atom stereocenters. The average molecular weight is 286 g/mol. The first-order valence-corrected chi connectivity index (χ1v) is 7.13. The highest BCUT2D eigenvalue weighted by atomic mass is 16.4. The van der Waals surface area contributed by atoms with E-state index in [-0.39, 0.29) is 0 Å². The Hall–Kier alpha value is -2.35. The van der Waals surface area contributed by atoms with Crippen LogP contribution in [-0.2, 0) is 4.79 Å². The van der Waals surface area contributed by atoms with Gasteiger partial charge in [0.25, 0.3) is 5.91 Å². The molecule has 110 valence electrons. The molecule has 1 saturated carbocycles. The molecule has 1 amide bonds. The van der Waals surface area contributed by atoms with Crippen molar-refractivity contribution >= 4 is 11.9 Å². The number of benzene rings is 1. The summed E-state index contributed by atoms with van der Waals surface area (Å²) in [6.07, 6.45) is 4.48. The molecule has 0 aromatic heterocycles. The predicted octanol–water partition coefficient (Wildman–Crippen LogP) is 2.47. The number of hydrogen-bond acceptors (Lipinski definition) is 3. The Labute approximate surface area is 123 Å². The van der Waals surface area contributed by atoms with Gasteiger partial charge >= 0.3 is 5.97 Å². The van der Waals surface area contributed by atoms with Crippen molar-refractivity contribution in [2.24, 2.45) is 0 Å². The minimum Gasteiger partial charge on any atom is -0.480 e. The first kappa shape index (κ1) is 15.0. The monoisotopic (exact) mass is 286 g/mol. The summed E-state index contributed by atoms with van der Waals surface area (Å²) in [5.74, 6) is -1.41. The van der Waals surface area contributed by atoms with Crippen LogP contribution in [0.15, 0.2) is 24.3 Å². The highest BCUT2D eigenvalue weighted by Crippen LogP contribution is 2.28. The maximum atomic E-state index is 12.3. The second-order valence-corrected chi connectivity index (χ2v) is 5.45. The molecule has 5 heteroatoms. The summed E-state index contributed by atoms with van der Waals surface area (Å²) in [6, 6.07) is 8.26. The van der Waals surface area contributed by atoms with Crippen molar-refractivity contribution in [1.29, 1.82) is 5.26 Å². The quantitative estimate of drug-likeness (QED) is 0.835. The largest absolute Gasteiger partial charge is 0.480 e. The number of carbonyl (C=O) groups is 2. The fourth-order valence-electron chi connectivity index (χ4n) is 2.74. The summed E-state index contributed by atoms with van der Waals surface area (Å²) in [7, 11) is 0. The molecular formula is C16H18N2O3. The van der Waals surface area contributed by atoms with Crippen LogP contribution in [0.2, 0.25) is 0 Å². The van der Waals surface area contributed by atoms with Crippen molar-refractivity contribution in [1.82, 2.24) is 5.32 Å². The maximum absolute atomic E-state index is 12.3. The molecule has 2 N–H and O–H groups in total. The molecule has 1 aliphatic rings. The summed E-state index contributed by atoms with van der Waals surface area (Å²) >= 11 is 0. The third-order valence-electron chi connectivity index (χ3n) is 3.97. The molecule has 0 atom stereocenters. The van der Waals surface area contributed by atoms with Crippen molar-refractivity contribution in [3.8, 4) is 6.07 Å². The van der Waals surface area contributed by atoms with Gasteiger partial charge in [0.1, 0.15) is 5.54 Å². The molecule has 0 aliphatic heterocycles. The number of nitriles is 1. The van der Waals surface area contributed by atoms with Gasteiger partial charge in [-0.1, -0.05) is 31.7 Å². The van der Waals surface area contributed by atoms with E-state index in [2.05, 4.69) is 5.32 Å². The van der Waals surface area contributed by atoms with E-state index < -0.39 is 17.4 Å². The number of aliphatic carboxylic acids is 1. The minimum atomic E-state index is -1.18. The number of carboxylic acids is 1. The van der Waals surface area contributed by atoms with Gasteiger partial charge in [0.2, 0.25) is 0 Å². The van der Waals surface area contributed by atoms with Crippen LogP contribution in [0.4, 0.5) is 0 Å². The Morgan fingerprint density at radius 3 is 2.43 bits per heavy atom. The van der Waals surface area contributed by atoms with Crippen molar-refractivity contribution in [2.75, 3.05) is 0 Å². The number of carboxylic acid groups (broad SMARTS) is 1. The Morgan fingerprint density at radius 1 is 1.19 bits per heavy atom. The van der Waals surface area contributed by atoms with Gasteiger partial charge in [0.15, 0.2) is 0 Å². The summed E-state index contributed by atoms with van der Waals surface area (Å²) in [6.45, 7) is 0. The molecule has 1 fully saturated rings. The fourth-order valence-corrected chi connectivity index (χ4v) is 2.74. The summed E-state index contributed by atoms with van der Waals surface area (Å²) in [4.78, 5) is 24.0. The lowest BCUT2D eigenvalue weighted by Crippen LogP contribution is -2.54. The van der Waals surface area contributed by atoms with Gasteiger partial charge in [-0.25, -0.2) is 4.79 Å². The lowest BCUT2D eigenvalue weighted by atomic mass is 9.89. The molecule has 2 rings (SSSR count). The number of hydrogen-bond donors (Lipinski definition) is 2. The van der Waals surface area contributed by atoms with E-state index in [9.17, 15) is 14.7 Å². The first-order chi connectivity index (χ1) is 10.1. The van der Waals surface area contributed by atoms with Gasteiger partial charge in [0, 0.05) is 5.56 Å². The van der Waals surface area contributed by atoms with E-state index in [1.54, 1.807) is 18.2 Å². The Kier molecular flexibility index (Phi) is 4.59. The van der Waals surface area contributed by atoms with Crippen LogP contribution in [0.25, 0.3) is 0 Å². The van der Waals surface area contributed by atoms with Gasteiger partial charge in [0.05, 0.1) is 11.6 Å². The molecule has 0 bridgehead atoms. The lowest BCUT2D eigenvalue weighted by molar-refractivity contribution is -0.145. The van der Waals surface area contributed by atoms with Gasteiger partial charge in [-0.2, -0.15) is 5.26 Å². The molecule has 0 heterocycles. The maximum Gasteiger partial charge on any atom is 0.329 e. The van der Waals surface area contributed by atoms with Crippen LogP contribution >= 0.6 is 0 Å². The fraction of sp³-hybridized carbons (Fsp3) is 0.438. The molecule has 0 saturated heterocycles. The Balaban J connectivity index is 2.22. The van der Waals surface area contributed by atoms with Gasteiger partial charge < -0.3 is 10.4 Å². The molecule has 1 aromatic rings. The number of nitrogens with zero attached hydrogens (tertiary/aromatic N) is 1. The molecule has 5 nitrogen and oxygen atoms in total. The average Bonchev–Trinajstić information content (AvgIpc) is 2.74. The standard InChI is InChI=1S/C16H18N2O3/c17-11-12-6-5-7-13(10-12)14(19)18-16(15(20)21)8-3-1-2-4-9-16/h5-7,10H,1-4,8-9H2,(H,18,19)(H,20,21). The normalized spacial score (nSPS) is 17.3. The third kappa shape index (κ3) is 3.40. The highest BCUT2D eigenvalue weighted by Gasteiger charge is 2.40. The number of rotatable bonds is 3. The smallest absolute Gasteiger partial charge is 0.329 e. The Bertz CT molecular complexity index is 581. The van der Waals surface area contributed by atoms with Crippen LogP contribution in [-0.4, -0.2) is 22.5 Å². The SMILES string of the molecule is N#Cc1cccc(C(=O)NC2(C(=O)O)CCCCCC2)c1. The zero-order chi connectivity index (χ0) is 15.3. The van der Waals surface area contributed by atoms with Crippen LogP contribution in [0.3, 0.4) is 0 Å². The molecule has 1 aromatic carbocycles. The van der Waals surface area contributed by atoms with E-state index in [1.807, 2.05) is 6.07 Å². The van der Waals surface area contributed by atoms with E-state index >= 15 is 0 Å². The zero-order valence-electron chi connectivity index (χ0n) is 11.8. The van der Waals surface area contributed by atoms with E-state index in [0.29, 0.717) is 24.0 Å². The van der Waals surface area contributed by atoms with Crippen LogP contribution in [0.5, 0.6) is 0 Å². The van der Waals surface area contributed by atoms with Crippen LogP contribution in [0.1, 0.15) is 54.4 Å². The van der Waals surface area contributed by atoms with E-state index in [1.165, 1.54) is 6.07 Å². The summed E-state index contributed by atoms with van der Waals surface area (Å²) in [5, 5.41) is 21.1. The van der Waals surface area contributed by atoms with Crippen molar-refractivity contribution in [3.05, 3.63) is 35.4 Å². The molecule has 21 heavy (non-hydrogen) atoms. The topological polar surface area (TPSA) is 90.2 Å². The predicted molar refractivity (Wildman–Crippen MR) is 76.7 cm³/mol. The van der Waals surface area contributed by atoms with E-state index in [0.717, 1.165) is 25.7 Å². The second-order valence-electron chi connectivity index (χ2n) is 5.45. The van der Waals surface area contributed by atoms with Crippen molar-refractivity contribution in [2.45, 2.75) is 44.1 Å². The van der Waals surface area contributed by atoms with Gasteiger partial charge in [-0.3, -0.25) is 4.79 Å². The number of nitrogens with one attached hydrogen (secondary N) is 1. The van der Waals surface area contributed by atoms with Crippen molar-refractivity contribution in [3.63, 3.8) is 0 Å². The van der Waals surface area contributed by atoms with Gasteiger partial charge in [-0.15, -0.1) is 0 Å². The summed E-state index contributed by atoms with van der Waals surface area (Å²) in [5.41, 5.74) is -0.484. The third-order valence-corrected chi connectivity index (χ3v) is 3.97. The molecule has 0 spiro atoms. The molecular weight excluding hydrogens is 268 g/mol. The first-order valence-electron chi connectivity index (χ1n) is 7.13. The Morgan fingerprint density at radius 2 is 1.86 bits per heavy atom. The molecule has 1 aliphatic carbocycles. The van der Waals surface area contributed by atoms with E-state index in [4.69, 9.17) is 5.26 Å². The molecule has 0 radical (unpaired) electrons. The highest BCUT2D eigenvalue weighted by molar-refractivity contribution is 5.98. The van der Waals surface area contributed by atoms with Gasteiger partial charge in [-0.05, 0) is 31.0 Å². The van der Waals surface area contributed by atoms with Crippen LogP contribution < -0.4 is 5.32 Å². The number of carbonyl (C=O) groups excluding carboxylic acids is 1. The van der Waals surface area contributed by atoms with Crippen LogP contribution in [0, 0.1) is 11.3 Å². The zero-order valence-corrected chi connectivity index (χ0v) is 11.8. The van der Waals surface area contributed by atoms with Crippen molar-refractivity contribution < 1.29 is 14.7 Å². The number of amides is 1.